The maximum atomic E-state index is 11.6. The highest BCUT2D eigenvalue weighted by molar-refractivity contribution is 5.89. The SMILES string of the molecule is CCOC(=O)c1nccc(NCc2cncc(C(=O)OC)c2)n1. The molecule has 0 aliphatic heterocycles. The average molecular weight is 316 g/mol. The van der Waals surface area contributed by atoms with E-state index in [1.54, 1.807) is 25.3 Å². The Bertz CT molecular complexity index is 705. The van der Waals surface area contributed by atoms with E-state index in [2.05, 4.69) is 25.0 Å². The van der Waals surface area contributed by atoms with Crippen LogP contribution in [0.2, 0.25) is 0 Å². The Morgan fingerprint density at radius 3 is 2.83 bits per heavy atom. The van der Waals surface area contributed by atoms with Crippen LogP contribution in [0.15, 0.2) is 30.7 Å². The number of pyridine rings is 1. The molecule has 2 heterocycles. The summed E-state index contributed by atoms with van der Waals surface area (Å²) < 4.78 is 9.49. The zero-order valence-corrected chi connectivity index (χ0v) is 12.8. The lowest BCUT2D eigenvalue weighted by Crippen LogP contribution is -2.11. The van der Waals surface area contributed by atoms with Gasteiger partial charge in [-0.05, 0) is 24.6 Å². The lowest BCUT2D eigenvalue weighted by molar-refractivity contribution is 0.0511. The third-order valence-electron chi connectivity index (χ3n) is 2.80. The molecule has 0 atom stereocenters. The number of carbonyl (C=O) groups is 2. The lowest BCUT2D eigenvalue weighted by atomic mass is 10.2. The number of rotatable bonds is 6. The molecule has 2 aromatic rings. The van der Waals surface area contributed by atoms with E-state index < -0.39 is 11.9 Å². The summed E-state index contributed by atoms with van der Waals surface area (Å²) >= 11 is 0. The van der Waals surface area contributed by atoms with Gasteiger partial charge in [0.15, 0.2) is 0 Å². The van der Waals surface area contributed by atoms with Crippen molar-refractivity contribution in [3.8, 4) is 0 Å². The Hall–Kier alpha value is -3.03. The molecule has 8 nitrogen and oxygen atoms in total. The number of carbonyl (C=O) groups excluding carboxylic acids is 2. The number of nitrogens with one attached hydrogen (secondary N) is 1. The van der Waals surface area contributed by atoms with Crippen LogP contribution in [-0.4, -0.2) is 40.6 Å². The van der Waals surface area contributed by atoms with E-state index in [9.17, 15) is 9.59 Å². The molecule has 0 saturated heterocycles. The summed E-state index contributed by atoms with van der Waals surface area (Å²) in [6.07, 6.45) is 4.51. The van der Waals surface area contributed by atoms with Crippen molar-refractivity contribution in [2.45, 2.75) is 13.5 Å². The largest absolute Gasteiger partial charge is 0.465 e. The molecule has 120 valence electrons. The molecule has 0 aliphatic rings. The summed E-state index contributed by atoms with van der Waals surface area (Å²) in [6, 6.07) is 3.29. The van der Waals surface area contributed by atoms with Crippen LogP contribution < -0.4 is 5.32 Å². The van der Waals surface area contributed by atoms with Gasteiger partial charge in [0.05, 0.1) is 19.3 Å². The van der Waals surface area contributed by atoms with Crippen molar-refractivity contribution < 1.29 is 19.1 Å². The topological polar surface area (TPSA) is 103 Å². The Balaban J connectivity index is 2.05. The van der Waals surface area contributed by atoms with Gasteiger partial charge in [-0.2, -0.15) is 0 Å². The van der Waals surface area contributed by atoms with Gasteiger partial charge in [-0.3, -0.25) is 4.98 Å². The van der Waals surface area contributed by atoms with Crippen molar-refractivity contribution >= 4 is 17.8 Å². The molecule has 0 bridgehead atoms. The Kier molecular flexibility index (Phi) is 5.56. The van der Waals surface area contributed by atoms with E-state index >= 15 is 0 Å². The number of aromatic nitrogens is 3. The van der Waals surface area contributed by atoms with E-state index in [0.717, 1.165) is 5.56 Å². The van der Waals surface area contributed by atoms with Crippen LogP contribution in [0.25, 0.3) is 0 Å². The van der Waals surface area contributed by atoms with Gasteiger partial charge < -0.3 is 14.8 Å². The van der Waals surface area contributed by atoms with E-state index in [-0.39, 0.29) is 12.4 Å². The van der Waals surface area contributed by atoms with Crippen LogP contribution in [-0.2, 0) is 16.0 Å². The fraction of sp³-hybridized carbons (Fsp3) is 0.267. The minimum Gasteiger partial charge on any atom is -0.465 e. The fourth-order valence-electron chi connectivity index (χ4n) is 1.76. The van der Waals surface area contributed by atoms with E-state index in [0.29, 0.717) is 17.9 Å². The average Bonchev–Trinajstić information content (AvgIpc) is 2.60. The molecule has 0 amide bonds. The second-order valence-corrected chi connectivity index (χ2v) is 4.41. The maximum Gasteiger partial charge on any atom is 0.376 e. The number of hydrogen-bond acceptors (Lipinski definition) is 8. The molecule has 0 unspecified atom stereocenters. The van der Waals surface area contributed by atoms with Gasteiger partial charge in [-0.25, -0.2) is 19.6 Å². The van der Waals surface area contributed by atoms with E-state index in [1.165, 1.54) is 19.5 Å². The highest BCUT2D eigenvalue weighted by Crippen LogP contribution is 2.08. The second-order valence-electron chi connectivity index (χ2n) is 4.41. The molecule has 2 rings (SSSR count). The summed E-state index contributed by atoms with van der Waals surface area (Å²) in [4.78, 5) is 35.0. The van der Waals surface area contributed by atoms with Crippen LogP contribution >= 0.6 is 0 Å². The summed E-state index contributed by atoms with van der Waals surface area (Å²) in [5.74, 6) is -0.582. The van der Waals surface area contributed by atoms with Gasteiger partial charge in [-0.1, -0.05) is 0 Å². The van der Waals surface area contributed by atoms with E-state index in [1.807, 2.05) is 0 Å². The monoisotopic (exact) mass is 316 g/mol. The quantitative estimate of drug-likeness (QED) is 0.799. The van der Waals surface area contributed by atoms with Gasteiger partial charge in [0.25, 0.3) is 0 Å². The number of methoxy groups -OCH3 is 1. The van der Waals surface area contributed by atoms with Crippen molar-refractivity contribution in [3.63, 3.8) is 0 Å². The third kappa shape index (κ3) is 4.47. The number of esters is 2. The molecule has 0 saturated carbocycles. The molecule has 0 fully saturated rings. The molecule has 0 spiro atoms. The molecule has 0 radical (unpaired) electrons. The first-order valence-electron chi connectivity index (χ1n) is 6.90. The number of ether oxygens (including phenoxy) is 2. The van der Waals surface area contributed by atoms with Crippen molar-refractivity contribution in [2.75, 3.05) is 19.0 Å². The summed E-state index contributed by atoms with van der Waals surface area (Å²) in [5, 5.41) is 3.03. The van der Waals surface area contributed by atoms with Crippen molar-refractivity contribution in [1.29, 1.82) is 0 Å². The molecule has 2 aromatic heterocycles. The molecule has 23 heavy (non-hydrogen) atoms. The van der Waals surface area contributed by atoms with Crippen LogP contribution in [0.1, 0.15) is 33.5 Å². The van der Waals surface area contributed by atoms with Crippen LogP contribution in [0.5, 0.6) is 0 Å². The molecule has 1 N–H and O–H groups in total. The van der Waals surface area contributed by atoms with Crippen molar-refractivity contribution in [3.05, 3.63) is 47.7 Å². The van der Waals surface area contributed by atoms with Gasteiger partial charge in [0.2, 0.25) is 5.82 Å². The highest BCUT2D eigenvalue weighted by atomic mass is 16.5. The smallest absolute Gasteiger partial charge is 0.376 e. The van der Waals surface area contributed by atoms with Crippen LogP contribution in [0.3, 0.4) is 0 Å². The number of anilines is 1. The lowest BCUT2D eigenvalue weighted by Gasteiger charge is -2.07. The number of hydrogen-bond donors (Lipinski definition) is 1. The first-order valence-corrected chi connectivity index (χ1v) is 6.90. The maximum absolute atomic E-state index is 11.6. The summed E-state index contributed by atoms with van der Waals surface area (Å²) in [5.41, 5.74) is 1.13. The summed E-state index contributed by atoms with van der Waals surface area (Å²) in [7, 11) is 1.31. The third-order valence-corrected chi connectivity index (χ3v) is 2.80. The summed E-state index contributed by atoms with van der Waals surface area (Å²) in [6.45, 7) is 2.34. The molecular formula is C15H16N4O4. The van der Waals surface area contributed by atoms with Gasteiger partial charge in [0.1, 0.15) is 5.82 Å². The van der Waals surface area contributed by atoms with Gasteiger partial charge in [0, 0.05) is 25.1 Å². The zero-order valence-electron chi connectivity index (χ0n) is 12.8. The van der Waals surface area contributed by atoms with Crippen molar-refractivity contribution in [2.24, 2.45) is 0 Å². The Labute approximate surface area is 132 Å². The van der Waals surface area contributed by atoms with Crippen molar-refractivity contribution in [1.82, 2.24) is 15.0 Å². The predicted molar refractivity (Wildman–Crippen MR) is 80.9 cm³/mol. The molecule has 0 aliphatic carbocycles. The van der Waals surface area contributed by atoms with Crippen LogP contribution in [0.4, 0.5) is 5.82 Å². The number of nitrogens with zero attached hydrogens (tertiary/aromatic N) is 3. The predicted octanol–water partition coefficient (Wildman–Crippen LogP) is 1.45. The Morgan fingerprint density at radius 2 is 2.09 bits per heavy atom. The second kappa shape index (κ2) is 7.83. The Morgan fingerprint density at radius 1 is 1.26 bits per heavy atom. The standard InChI is InChI=1S/C15H16N4O4/c1-3-23-15(21)13-17-5-4-12(19-13)18-8-10-6-11(9-16-7-10)14(20)22-2/h4-7,9H,3,8H2,1-2H3,(H,17,18,19). The minimum absolute atomic E-state index is 0.0155. The fourth-order valence-corrected chi connectivity index (χ4v) is 1.76. The van der Waals surface area contributed by atoms with Gasteiger partial charge in [-0.15, -0.1) is 0 Å². The van der Waals surface area contributed by atoms with Crippen LogP contribution in [0, 0.1) is 0 Å². The first-order chi connectivity index (χ1) is 11.1. The molecule has 8 heteroatoms. The van der Waals surface area contributed by atoms with Gasteiger partial charge >= 0.3 is 11.9 Å². The highest BCUT2D eigenvalue weighted by Gasteiger charge is 2.11. The normalized spacial score (nSPS) is 10.0. The molecule has 0 aromatic carbocycles. The van der Waals surface area contributed by atoms with E-state index in [4.69, 9.17) is 4.74 Å². The zero-order chi connectivity index (χ0) is 16.7. The minimum atomic E-state index is -0.578. The molecular weight excluding hydrogens is 300 g/mol. The first kappa shape index (κ1) is 16.3.